The number of hydrogen-bond acceptors (Lipinski definition) is 4. The van der Waals surface area contributed by atoms with Gasteiger partial charge in [0.15, 0.2) is 0 Å². The molecule has 0 fully saturated rings. The highest BCUT2D eigenvalue weighted by Crippen LogP contribution is 2.35. The first-order chi connectivity index (χ1) is 9.72. The number of nitrogens with two attached hydrogens (primary N) is 1. The minimum atomic E-state index is -3.96. The van der Waals surface area contributed by atoms with Crippen LogP contribution in [0.15, 0.2) is 33.8 Å². The number of benzene rings is 1. The van der Waals surface area contributed by atoms with Gasteiger partial charge in [-0.2, -0.15) is 0 Å². The van der Waals surface area contributed by atoms with Crippen molar-refractivity contribution < 1.29 is 8.42 Å². The Labute approximate surface area is 140 Å². The summed E-state index contributed by atoms with van der Waals surface area (Å²) in [6.07, 6.45) is 1.40. The van der Waals surface area contributed by atoms with E-state index < -0.39 is 10.0 Å². The van der Waals surface area contributed by atoms with Gasteiger partial charge in [-0.15, -0.1) is 0 Å². The van der Waals surface area contributed by atoms with Gasteiger partial charge in [0, 0.05) is 10.7 Å². The van der Waals surface area contributed by atoms with Crippen molar-refractivity contribution in [3.63, 3.8) is 0 Å². The molecule has 3 N–H and O–H groups in total. The average Bonchev–Trinajstić information content (AvgIpc) is 2.42. The highest BCUT2D eigenvalue weighted by molar-refractivity contribution is 9.10. The van der Waals surface area contributed by atoms with Crippen LogP contribution in [0.4, 0.5) is 11.5 Å². The monoisotopic (exact) mass is 409 g/mol. The van der Waals surface area contributed by atoms with E-state index in [1.807, 2.05) is 0 Å². The van der Waals surface area contributed by atoms with Gasteiger partial charge in [0.2, 0.25) is 0 Å². The lowest BCUT2D eigenvalue weighted by molar-refractivity contribution is 0.601. The van der Waals surface area contributed by atoms with Gasteiger partial charge in [0.1, 0.15) is 10.7 Å². The predicted molar refractivity (Wildman–Crippen MR) is 88.4 cm³/mol. The number of aryl methyl sites for hydroxylation is 1. The number of anilines is 2. The number of nitrogens with zero attached hydrogens (tertiary/aromatic N) is 1. The Bertz CT molecular complexity index is 812. The van der Waals surface area contributed by atoms with Gasteiger partial charge in [-0.25, -0.2) is 13.4 Å². The first-order valence-electron chi connectivity index (χ1n) is 5.61. The molecule has 2 aromatic rings. The van der Waals surface area contributed by atoms with Crippen molar-refractivity contribution in [1.29, 1.82) is 0 Å². The molecule has 0 bridgehead atoms. The molecule has 112 valence electrons. The molecule has 0 aliphatic rings. The fraction of sp³-hybridized carbons (Fsp3) is 0.0833. The molecule has 0 amide bonds. The van der Waals surface area contributed by atoms with Crippen LogP contribution in [0.3, 0.4) is 0 Å². The quantitative estimate of drug-likeness (QED) is 0.804. The summed E-state index contributed by atoms with van der Waals surface area (Å²) in [6, 6.07) is 4.60. The molecule has 0 saturated carbocycles. The van der Waals surface area contributed by atoms with Crippen molar-refractivity contribution in [2.45, 2.75) is 11.8 Å². The van der Waals surface area contributed by atoms with Crippen molar-refractivity contribution in [1.82, 2.24) is 4.98 Å². The van der Waals surface area contributed by atoms with Gasteiger partial charge < -0.3 is 5.73 Å². The van der Waals surface area contributed by atoms with Crippen LogP contribution < -0.4 is 10.5 Å². The fourth-order valence-corrected chi connectivity index (χ4v) is 3.85. The molecule has 1 aromatic heterocycles. The van der Waals surface area contributed by atoms with Crippen LogP contribution in [0.2, 0.25) is 10.0 Å². The molecule has 0 saturated heterocycles. The molecule has 0 aliphatic carbocycles. The van der Waals surface area contributed by atoms with Crippen LogP contribution in [0, 0.1) is 6.92 Å². The fourth-order valence-electron chi connectivity index (χ4n) is 1.59. The number of halogens is 3. The van der Waals surface area contributed by atoms with Gasteiger partial charge in [0.05, 0.1) is 15.7 Å². The van der Waals surface area contributed by atoms with Crippen molar-refractivity contribution in [2.75, 3.05) is 10.5 Å². The van der Waals surface area contributed by atoms with E-state index in [0.29, 0.717) is 10.0 Å². The van der Waals surface area contributed by atoms with Gasteiger partial charge in [0.25, 0.3) is 10.0 Å². The third-order valence-electron chi connectivity index (χ3n) is 2.66. The van der Waals surface area contributed by atoms with Gasteiger partial charge in [-0.05, 0) is 40.5 Å². The van der Waals surface area contributed by atoms with Crippen LogP contribution in [-0.4, -0.2) is 13.4 Å². The molecule has 5 nitrogen and oxygen atoms in total. The summed E-state index contributed by atoms with van der Waals surface area (Å²) in [4.78, 5) is 3.63. The number of aromatic nitrogens is 1. The molecule has 9 heteroatoms. The molecule has 21 heavy (non-hydrogen) atoms. The molecule has 2 rings (SSSR count). The Balaban J connectivity index is 2.53. The number of nitrogens with one attached hydrogen (secondary N) is 1. The molecule has 0 spiro atoms. The maximum absolute atomic E-state index is 12.4. The van der Waals surface area contributed by atoms with Gasteiger partial charge in [-0.1, -0.05) is 29.3 Å². The molecule has 0 unspecified atom stereocenters. The van der Waals surface area contributed by atoms with E-state index in [4.69, 9.17) is 28.9 Å². The molecule has 0 radical (unpaired) electrons. The van der Waals surface area contributed by atoms with Crippen molar-refractivity contribution in [2.24, 2.45) is 0 Å². The van der Waals surface area contributed by atoms with E-state index in [9.17, 15) is 8.42 Å². The van der Waals surface area contributed by atoms with Crippen LogP contribution in [0.5, 0.6) is 0 Å². The number of pyridine rings is 1. The normalized spacial score (nSPS) is 11.4. The largest absolute Gasteiger partial charge is 0.383 e. The van der Waals surface area contributed by atoms with Crippen LogP contribution in [0.1, 0.15) is 5.56 Å². The van der Waals surface area contributed by atoms with Crippen molar-refractivity contribution in [3.8, 4) is 0 Å². The second-order valence-electron chi connectivity index (χ2n) is 4.20. The Morgan fingerprint density at radius 2 is 2.00 bits per heavy atom. The number of nitrogen functional groups attached to an aromatic ring is 1. The van der Waals surface area contributed by atoms with E-state index in [2.05, 4.69) is 25.6 Å². The molecular weight excluding hydrogens is 401 g/mol. The standard InChI is InChI=1S/C12H10BrCl2N3O2S/c1-6-2-3-8(14)11(10(6)15)18-21(19,20)9-4-7(13)5-17-12(9)16/h2-5,18H,1H3,(H2,16,17). The summed E-state index contributed by atoms with van der Waals surface area (Å²) in [5.41, 5.74) is 6.42. The zero-order valence-corrected chi connectivity index (χ0v) is 14.6. The third kappa shape index (κ3) is 3.42. The molecular formula is C12H10BrCl2N3O2S. The van der Waals surface area contributed by atoms with Crippen LogP contribution >= 0.6 is 39.1 Å². The first-order valence-corrected chi connectivity index (χ1v) is 8.64. The summed E-state index contributed by atoms with van der Waals surface area (Å²) >= 11 is 15.2. The lowest BCUT2D eigenvalue weighted by atomic mass is 10.2. The predicted octanol–water partition coefficient (Wildman–Crippen LogP) is 3.84. The second kappa shape index (κ2) is 6.00. The number of sulfonamides is 1. The second-order valence-corrected chi connectivity index (χ2v) is 7.55. The summed E-state index contributed by atoms with van der Waals surface area (Å²) in [7, 11) is -3.96. The maximum Gasteiger partial charge on any atom is 0.265 e. The zero-order chi connectivity index (χ0) is 15.8. The number of rotatable bonds is 3. The molecule has 0 atom stereocenters. The molecule has 0 aliphatic heterocycles. The third-order valence-corrected chi connectivity index (χ3v) is 5.27. The highest BCUT2D eigenvalue weighted by atomic mass is 79.9. The lowest BCUT2D eigenvalue weighted by Gasteiger charge is -2.13. The maximum atomic E-state index is 12.4. The first kappa shape index (κ1) is 16.4. The van der Waals surface area contributed by atoms with E-state index in [0.717, 1.165) is 0 Å². The summed E-state index contributed by atoms with van der Waals surface area (Å²) < 4.78 is 27.7. The van der Waals surface area contributed by atoms with Crippen molar-refractivity contribution >= 4 is 60.7 Å². The van der Waals surface area contributed by atoms with Gasteiger partial charge in [-0.3, -0.25) is 4.72 Å². The average molecular weight is 411 g/mol. The number of hydrogen-bond donors (Lipinski definition) is 2. The molecule has 1 heterocycles. The van der Waals surface area contributed by atoms with E-state index in [1.54, 1.807) is 19.1 Å². The Morgan fingerprint density at radius 3 is 2.67 bits per heavy atom. The zero-order valence-electron chi connectivity index (χ0n) is 10.7. The van der Waals surface area contributed by atoms with E-state index in [1.165, 1.54) is 12.3 Å². The Hall–Kier alpha value is -1.02. The van der Waals surface area contributed by atoms with Crippen molar-refractivity contribution in [3.05, 3.63) is 44.5 Å². The lowest BCUT2D eigenvalue weighted by Crippen LogP contribution is -2.16. The van der Waals surface area contributed by atoms with E-state index >= 15 is 0 Å². The molecule has 1 aromatic carbocycles. The topological polar surface area (TPSA) is 85.1 Å². The summed E-state index contributed by atoms with van der Waals surface area (Å²) in [5, 5.41) is 0.420. The highest BCUT2D eigenvalue weighted by Gasteiger charge is 2.22. The Kier molecular flexibility index (Phi) is 4.67. The minimum Gasteiger partial charge on any atom is -0.383 e. The summed E-state index contributed by atoms with van der Waals surface area (Å²) in [5.74, 6) is -0.120. The van der Waals surface area contributed by atoms with Crippen LogP contribution in [0.25, 0.3) is 0 Å². The Morgan fingerprint density at radius 1 is 1.33 bits per heavy atom. The van der Waals surface area contributed by atoms with Gasteiger partial charge >= 0.3 is 0 Å². The van der Waals surface area contributed by atoms with Crippen LogP contribution in [-0.2, 0) is 10.0 Å². The minimum absolute atomic E-state index is 0.109. The SMILES string of the molecule is Cc1ccc(Cl)c(NS(=O)(=O)c2cc(Br)cnc2N)c1Cl. The smallest absolute Gasteiger partial charge is 0.265 e. The van der Waals surface area contributed by atoms with E-state index in [-0.39, 0.29) is 26.4 Å². The summed E-state index contributed by atoms with van der Waals surface area (Å²) in [6.45, 7) is 1.74.